The van der Waals surface area contributed by atoms with Crippen LogP contribution in [0.1, 0.15) is 22.8 Å². The molecule has 2 aromatic carbocycles. The minimum Gasteiger partial charge on any atom is -0.505 e. The maximum atomic E-state index is 10.1. The number of anilines is 1. The summed E-state index contributed by atoms with van der Waals surface area (Å²) in [7, 11) is 1.53. The highest BCUT2D eigenvalue weighted by molar-refractivity contribution is 6.32. The Morgan fingerprint density at radius 3 is 2.30 bits per heavy atom. The van der Waals surface area contributed by atoms with Crippen molar-refractivity contribution in [2.75, 3.05) is 12.8 Å². The number of phenolic OH excluding ortho intramolecular Hbond substituents is 2. The molecule has 0 spiro atoms. The summed E-state index contributed by atoms with van der Waals surface area (Å²) in [6, 6.07) is 9.16. The standard InChI is InChI=1S/C15H16ClNO3/c1-8-3-5-9(6-4-8)15(20-2)10-7-11(16)14(19)12(17)13(10)18/h3-7,15,18-19H,17H2,1-2H3. The Hall–Kier alpha value is -1.91. The van der Waals surface area contributed by atoms with Gasteiger partial charge in [0.05, 0.1) is 5.02 Å². The fourth-order valence-electron chi connectivity index (χ4n) is 2.05. The van der Waals surface area contributed by atoms with Crippen molar-refractivity contribution in [1.29, 1.82) is 0 Å². The molecule has 2 rings (SSSR count). The van der Waals surface area contributed by atoms with E-state index in [1.807, 2.05) is 31.2 Å². The van der Waals surface area contributed by atoms with Gasteiger partial charge in [0.1, 0.15) is 17.5 Å². The lowest BCUT2D eigenvalue weighted by Crippen LogP contribution is -2.05. The van der Waals surface area contributed by atoms with Gasteiger partial charge < -0.3 is 20.7 Å². The summed E-state index contributed by atoms with van der Waals surface area (Å²) in [5, 5.41) is 19.8. The van der Waals surface area contributed by atoms with Gasteiger partial charge in [0, 0.05) is 12.7 Å². The molecule has 1 unspecified atom stereocenters. The fourth-order valence-corrected chi connectivity index (χ4v) is 2.27. The van der Waals surface area contributed by atoms with Gasteiger partial charge >= 0.3 is 0 Å². The van der Waals surface area contributed by atoms with Gasteiger partial charge in [-0.2, -0.15) is 0 Å². The molecule has 0 bridgehead atoms. The summed E-state index contributed by atoms with van der Waals surface area (Å²) in [6.07, 6.45) is -0.518. The SMILES string of the molecule is COC(c1ccc(C)cc1)c1cc(Cl)c(O)c(N)c1O. The number of benzene rings is 2. The summed E-state index contributed by atoms with van der Waals surface area (Å²) >= 11 is 5.91. The van der Waals surface area contributed by atoms with Gasteiger partial charge in [0.15, 0.2) is 5.75 Å². The van der Waals surface area contributed by atoms with Crippen molar-refractivity contribution in [3.8, 4) is 11.5 Å². The Morgan fingerprint density at radius 2 is 1.75 bits per heavy atom. The molecule has 0 heterocycles. The van der Waals surface area contributed by atoms with Crippen molar-refractivity contribution in [3.63, 3.8) is 0 Å². The monoisotopic (exact) mass is 293 g/mol. The third-order valence-corrected chi connectivity index (χ3v) is 3.48. The average molecular weight is 294 g/mol. The van der Waals surface area contributed by atoms with Crippen LogP contribution in [0.25, 0.3) is 0 Å². The Morgan fingerprint density at radius 1 is 1.15 bits per heavy atom. The van der Waals surface area contributed by atoms with Crippen molar-refractivity contribution in [1.82, 2.24) is 0 Å². The molecule has 0 fully saturated rings. The third kappa shape index (κ3) is 2.53. The minimum absolute atomic E-state index is 0.0736. The average Bonchev–Trinajstić information content (AvgIpc) is 2.44. The highest BCUT2D eigenvalue weighted by atomic mass is 35.5. The summed E-state index contributed by atoms with van der Waals surface area (Å²) < 4.78 is 5.44. The lowest BCUT2D eigenvalue weighted by molar-refractivity contribution is 0.134. The van der Waals surface area contributed by atoms with Crippen LogP contribution >= 0.6 is 11.6 Å². The van der Waals surface area contributed by atoms with E-state index in [1.165, 1.54) is 13.2 Å². The molecule has 0 aliphatic heterocycles. The van der Waals surface area contributed by atoms with E-state index in [0.717, 1.165) is 11.1 Å². The maximum absolute atomic E-state index is 10.1. The van der Waals surface area contributed by atoms with E-state index < -0.39 is 6.10 Å². The maximum Gasteiger partial charge on any atom is 0.161 e. The Kier molecular flexibility index (Phi) is 4.06. The van der Waals surface area contributed by atoms with E-state index in [4.69, 9.17) is 22.1 Å². The number of aromatic hydroxyl groups is 2. The lowest BCUT2D eigenvalue weighted by atomic mass is 9.98. The van der Waals surface area contributed by atoms with Crippen LogP contribution in [0.4, 0.5) is 5.69 Å². The van der Waals surface area contributed by atoms with Gasteiger partial charge in [-0.05, 0) is 18.6 Å². The van der Waals surface area contributed by atoms with Crippen LogP contribution in [-0.4, -0.2) is 17.3 Å². The molecule has 4 nitrogen and oxygen atoms in total. The lowest BCUT2D eigenvalue weighted by Gasteiger charge is -2.19. The number of rotatable bonds is 3. The summed E-state index contributed by atoms with van der Waals surface area (Å²) in [4.78, 5) is 0. The summed E-state index contributed by atoms with van der Waals surface area (Å²) in [6.45, 7) is 1.98. The first-order valence-electron chi connectivity index (χ1n) is 6.04. The molecule has 0 aromatic heterocycles. The number of halogens is 1. The molecule has 0 saturated heterocycles. The van der Waals surface area contributed by atoms with Crippen LogP contribution in [0.2, 0.25) is 5.02 Å². The zero-order chi connectivity index (χ0) is 14.9. The van der Waals surface area contributed by atoms with E-state index >= 15 is 0 Å². The number of ether oxygens (including phenoxy) is 1. The molecule has 5 heteroatoms. The number of nitrogens with two attached hydrogens (primary N) is 1. The first-order chi connectivity index (χ1) is 9.45. The normalized spacial score (nSPS) is 12.3. The van der Waals surface area contributed by atoms with Crippen LogP contribution in [0.3, 0.4) is 0 Å². The zero-order valence-corrected chi connectivity index (χ0v) is 12.0. The largest absolute Gasteiger partial charge is 0.505 e. The summed E-state index contributed by atoms with van der Waals surface area (Å²) in [5.41, 5.74) is 7.88. The topological polar surface area (TPSA) is 75.7 Å². The van der Waals surface area contributed by atoms with E-state index in [1.54, 1.807) is 0 Å². The van der Waals surface area contributed by atoms with Crippen LogP contribution < -0.4 is 5.73 Å². The van der Waals surface area contributed by atoms with Crippen molar-refractivity contribution in [2.24, 2.45) is 0 Å². The van der Waals surface area contributed by atoms with Crippen molar-refractivity contribution < 1.29 is 14.9 Å². The van der Waals surface area contributed by atoms with Crippen molar-refractivity contribution >= 4 is 17.3 Å². The zero-order valence-electron chi connectivity index (χ0n) is 11.2. The number of hydrogen-bond acceptors (Lipinski definition) is 4. The second-order valence-corrected chi connectivity index (χ2v) is 4.99. The van der Waals surface area contributed by atoms with Crippen LogP contribution in [0.15, 0.2) is 30.3 Å². The van der Waals surface area contributed by atoms with E-state index in [2.05, 4.69) is 0 Å². The van der Waals surface area contributed by atoms with Gasteiger partial charge in [0.2, 0.25) is 0 Å². The second-order valence-electron chi connectivity index (χ2n) is 4.58. The van der Waals surface area contributed by atoms with Crippen molar-refractivity contribution in [3.05, 3.63) is 52.0 Å². The van der Waals surface area contributed by atoms with Crippen molar-refractivity contribution in [2.45, 2.75) is 13.0 Å². The van der Waals surface area contributed by atoms with E-state index in [9.17, 15) is 10.2 Å². The predicted octanol–water partition coefficient (Wildman–Crippen LogP) is 3.38. The minimum atomic E-state index is -0.518. The van der Waals surface area contributed by atoms with Crippen LogP contribution in [-0.2, 0) is 4.74 Å². The quantitative estimate of drug-likeness (QED) is 0.599. The molecule has 4 N–H and O–H groups in total. The number of methoxy groups -OCH3 is 1. The number of aryl methyl sites for hydroxylation is 1. The molecular weight excluding hydrogens is 278 g/mol. The smallest absolute Gasteiger partial charge is 0.161 e. The number of hydrogen-bond donors (Lipinski definition) is 3. The first-order valence-corrected chi connectivity index (χ1v) is 6.42. The number of nitrogen functional groups attached to an aromatic ring is 1. The Labute approximate surface area is 122 Å². The van der Waals surface area contributed by atoms with Gasteiger partial charge in [-0.3, -0.25) is 0 Å². The second kappa shape index (κ2) is 5.61. The molecule has 106 valence electrons. The number of phenols is 2. The van der Waals surface area contributed by atoms with E-state index in [-0.39, 0.29) is 22.2 Å². The molecular formula is C15H16ClNO3. The first kappa shape index (κ1) is 14.5. The van der Waals surface area contributed by atoms with Gasteiger partial charge in [-0.25, -0.2) is 0 Å². The molecule has 0 aliphatic carbocycles. The van der Waals surface area contributed by atoms with Gasteiger partial charge in [-0.15, -0.1) is 0 Å². The highest BCUT2D eigenvalue weighted by Crippen LogP contribution is 2.43. The van der Waals surface area contributed by atoms with Crippen LogP contribution in [0.5, 0.6) is 11.5 Å². The predicted molar refractivity (Wildman–Crippen MR) is 79.2 cm³/mol. The molecule has 0 saturated carbocycles. The molecule has 2 aromatic rings. The summed E-state index contributed by atoms with van der Waals surface area (Å²) in [5.74, 6) is -0.550. The molecule has 20 heavy (non-hydrogen) atoms. The highest BCUT2D eigenvalue weighted by Gasteiger charge is 2.22. The molecule has 0 amide bonds. The fraction of sp³-hybridized carbons (Fsp3) is 0.200. The molecule has 1 atom stereocenters. The Bertz CT molecular complexity index is 626. The van der Waals surface area contributed by atoms with Gasteiger partial charge in [0.25, 0.3) is 0 Å². The van der Waals surface area contributed by atoms with E-state index in [0.29, 0.717) is 5.56 Å². The Balaban J connectivity index is 2.55. The molecule has 0 aliphatic rings. The van der Waals surface area contributed by atoms with Crippen LogP contribution in [0, 0.1) is 6.92 Å². The van der Waals surface area contributed by atoms with Gasteiger partial charge in [-0.1, -0.05) is 41.4 Å². The molecule has 0 radical (unpaired) electrons. The third-order valence-electron chi connectivity index (χ3n) is 3.19.